The van der Waals surface area contributed by atoms with E-state index in [9.17, 15) is 0 Å². The molecule has 12 heavy (non-hydrogen) atoms. The van der Waals surface area contributed by atoms with E-state index in [0.29, 0.717) is 6.61 Å². The standard InChI is InChI=1S/C9H10Br2O/c1-7-8(11)3-2-4-9(7)12-6-5-10/h2-4H,5-6H2,1H3. The lowest BCUT2D eigenvalue weighted by atomic mass is 10.2. The summed E-state index contributed by atoms with van der Waals surface area (Å²) in [5.74, 6) is 0.948. The molecule has 0 fully saturated rings. The van der Waals surface area contributed by atoms with Gasteiger partial charge in [0.2, 0.25) is 0 Å². The Morgan fingerprint density at radius 3 is 2.83 bits per heavy atom. The van der Waals surface area contributed by atoms with Crippen LogP contribution in [0.4, 0.5) is 0 Å². The zero-order valence-electron chi connectivity index (χ0n) is 6.81. The zero-order chi connectivity index (χ0) is 8.97. The van der Waals surface area contributed by atoms with Crippen LogP contribution in [-0.2, 0) is 0 Å². The van der Waals surface area contributed by atoms with Crippen LogP contribution in [0.5, 0.6) is 5.75 Å². The first-order chi connectivity index (χ1) is 5.75. The van der Waals surface area contributed by atoms with Crippen molar-refractivity contribution >= 4 is 31.9 Å². The van der Waals surface area contributed by atoms with E-state index in [1.54, 1.807) is 0 Å². The Kier molecular flexibility index (Phi) is 4.09. The van der Waals surface area contributed by atoms with Gasteiger partial charge in [-0.1, -0.05) is 37.9 Å². The van der Waals surface area contributed by atoms with Gasteiger partial charge in [0.1, 0.15) is 5.75 Å². The van der Waals surface area contributed by atoms with Crippen LogP contribution in [0.25, 0.3) is 0 Å². The van der Waals surface area contributed by atoms with Crippen LogP contribution in [0.2, 0.25) is 0 Å². The molecule has 1 aromatic carbocycles. The largest absolute Gasteiger partial charge is 0.492 e. The number of halogens is 2. The molecular formula is C9H10Br2O. The van der Waals surface area contributed by atoms with Crippen molar-refractivity contribution in [3.8, 4) is 5.75 Å². The van der Waals surface area contributed by atoms with Gasteiger partial charge >= 0.3 is 0 Å². The second-order valence-electron chi connectivity index (χ2n) is 2.40. The summed E-state index contributed by atoms with van der Waals surface area (Å²) in [6.07, 6.45) is 0. The number of hydrogen-bond acceptors (Lipinski definition) is 1. The lowest BCUT2D eigenvalue weighted by molar-refractivity contribution is 0.342. The molecule has 0 aliphatic carbocycles. The lowest BCUT2D eigenvalue weighted by Gasteiger charge is -2.08. The van der Waals surface area contributed by atoms with Gasteiger partial charge in [0.25, 0.3) is 0 Å². The molecular weight excluding hydrogens is 284 g/mol. The predicted octanol–water partition coefficient (Wildman–Crippen LogP) is 3.53. The molecule has 0 heterocycles. The Labute approximate surface area is 89.4 Å². The smallest absolute Gasteiger partial charge is 0.123 e. The van der Waals surface area contributed by atoms with Gasteiger partial charge < -0.3 is 4.74 Å². The van der Waals surface area contributed by atoms with E-state index < -0.39 is 0 Å². The normalized spacial score (nSPS) is 9.92. The van der Waals surface area contributed by atoms with Crippen LogP contribution < -0.4 is 4.74 Å². The molecule has 3 heteroatoms. The first-order valence-electron chi connectivity index (χ1n) is 3.69. The quantitative estimate of drug-likeness (QED) is 0.775. The van der Waals surface area contributed by atoms with E-state index in [-0.39, 0.29) is 0 Å². The summed E-state index contributed by atoms with van der Waals surface area (Å²) < 4.78 is 6.58. The summed E-state index contributed by atoms with van der Waals surface area (Å²) in [5.41, 5.74) is 1.15. The first-order valence-corrected chi connectivity index (χ1v) is 5.61. The van der Waals surface area contributed by atoms with Crippen molar-refractivity contribution < 1.29 is 4.74 Å². The monoisotopic (exact) mass is 292 g/mol. The second kappa shape index (κ2) is 4.87. The van der Waals surface area contributed by atoms with Crippen LogP contribution in [0, 0.1) is 6.92 Å². The third-order valence-electron chi connectivity index (χ3n) is 1.55. The Bertz CT molecular complexity index is 261. The Hall–Kier alpha value is -0.0200. The van der Waals surface area contributed by atoms with Crippen molar-refractivity contribution in [1.82, 2.24) is 0 Å². The van der Waals surface area contributed by atoms with Crippen molar-refractivity contribution in [3.63, 3.8) is 0 Å². The van der Waals surface area contributed by atoms with Crippen molar-refractivity contribution in [3.05, 3.63) is 28.2 Å². The molecule has 1 nitrogen and oxygen atoms in total. The highest BCUT2D eigenvalue weighted by Crippen LogP contribution is 2.25. The molecule has 0 radical (unpaired) electrons. The Morgan fingerprint density at radius 2 is 2.17 bits per heavy atom. The van der Waals surface area contributed by atoms with Crippen molar-refractivity contribution in [2.24, 2.45) is 0 Å². The summed E-state index contributed by atoms with van der Waals surface area (Å²) in [6, 6.07) is 5.96. The van der Waals surface area contributed by atoms with Gasteiger partial charge in [-0.05, 0) is 19.1 Å². The maximum absolute atomic E-state index is 5.49. The molecule has 0 spiro atoms. The minimum atomic E-state index is 0.706. The third kappa shape index (κ3) is 2.49. The second-order valence-corrected chi connectivity index (χ2v) is 4.05. The molecule has 0 atom stereocenters. The van der Waals surface area contributed by atoms with Crippen LogP contribution >= 0.6 is 31.9 Å². The molecule has 1 rings (SSSR count). The number of ether oxygens (including phenoxy) is 1. The zero-order valence-corrected chi connectivity index (χ0v) is 9.98. The third-order valence-corrected chi connectivity index (χ3v) is 2.74. The van der Waals surface area contributed by atoms with E-state index in [2.05, 4.69) is 31.9 Å². The topological polar surface area (TPSA) is 9.23 Å². The molecule has 66 valence electrons. The first kappa shape index (κ1) is 10.1. The molecule has 0 amide bonds. The van der Waals surface area contributed by atoms with Gasteiger partial charge in [-0.2, -0.15) is 0 Å². The van der Waals surface area contributed by atoms with Crippen molar-refractivity contribution in [2.75, 3.05) is 11.9 Å². The van der Waals surface area contributed by atoms with E-state index in [4.69, 9.17) is 4.74 Å². The molecule has 0 saturated carbocycles. The van der Waals surface area contributed by atoms with Crippen molar-refractivity contribution in [2.45, 2.75) is 6.92 Å². The van der Waals surface area contributed by atoms with E-state index in [1.165, 1.54) is 0 Å². The van der Waals surface area contributed by atoms with Crippen LogP contribution in [-0.4, -0.2) is 11.9 Å². The number of alkyl halides is 1. The van der Waals surface area contributed by atoms with Crippen molar-refractivity contribution in [1.29, 1.82) is 0 Å². The predicted molar refractivity (Wildman–Crippen MR) is 58.2 cm³/mol. The van der Waals surface area contributed by atoms with Gasteiger partial charge in [0, 0.05) is 15.4 Å². The highest BCUT2D eigenvalue weighted by atomic mass is 79.9. The molecule has 0 N–H and O–H groups in total. The maximum atomic E-state index is 5.49. The number of hydrogen-bond donors (Lipinski definition) is 0. The fraction of sp³-hybridized carbons (Fsp3) is 0.333. The summed E-state index contributed by atoms with van der Waals surface area (Å²) >= 11 is 6.76. The highest BCUT2D eigenvalue weighted by molar-refractivity contribution is 9.10. The van der Waals surface area contributed by atoms with Crippen LogP contribution in [0.1, 0.15) is 5.56 Å². The van der Waals surface area contributed by atoms with E-state index >= 15 is 0 Å². The minimum absolute atomic E-state index is 0.706. The lowest BCUT2D eigenvalue weighted by Crippen LogP contribution is -1.99. The molecule has 0 unspecified atom stereocenters. The average Bonchev–Trinajstić information content (AvgIpc) is 2.08. The summed E-state index contributed by atoms with van der Waals surface area (Å²) in [7, 11) is 0. The minimum Gasteiger partial charge on any atom is -0.492 e. The fourth-order valence-corrected chi connectivity index (χ4v) is 1.40. The SMILES string of the molecule is Cc1c(Br)cccc1OCCBr. The van der Waals surface area contributed by atoms with Gasteiger partial charge in [-0.15, -0.1) is 0 Å². The molecule has 0 aliphatic rings. The van der Waals surface area contributed by atoms with Gasteiger partial charge in [-0.3, -0.25) is 0 Å². The van der Waals surface area contributed by atoms with Gasteiger partial charge in [0.15, 0.2) is 0 Å². The van der Waals surface area contributed by atoms with Gasteiger partial charge in [-0.25, -0.2) is 0 Å². The molecule has 0 saturated heterocycles. The summed E-state index contributed by atoms with van der Waals surface area (Å²) in [4.78, 5) is 0. The van der Waals surface area contributed by atoms with Crippen LogP contribution in [0.15, 0.2) is 22.7 Å². The number of rotatable bonds is 3. The molecule has 1 aromatic rings. The Balaban J connectivity index is 2.78. The fourth-order valence-electron chi connectivity index (χ4n) is 0.893. The number of benzene rings is 1. The highest BCUT2D eigenvalue weighted by Gasteiger charge is 2.00. The Morgan fingerprint density at radius 1 is 1.42 bits per heavy atom. The van der Waals surface area contributed by atoms with E-state index in [1.807, 2.05) is 25.1 Å². The summed E-state index contributed by atoms with van der Waals surface area (Å²) in [5, 5.41) is 0.860. The molecule has 0 aromatic heterocycles. The van der Waals surface area contributed by atoms with E-state index in [0.717, 1.165) is 21.1 Å². The maximum Gasteiger partial charge on any atom is 0.123 e. The summed E-state index contributed by atoms with van der Waals surface area (Å²) in [6.45, 7) is 2.74. The average molecular weight is 294 g/mol. The molecule has 0 aliphatic heterocycles. The van der Waals surface area contributed by atoms with Crippen LogP contribution in [0.3, 0.4) is 0 Å². The molecule has 0 bridgehead atoms. The van der Waals surface area contributed by atoms with Gasteiger partial charge in [0.05, 0.1) is 6.61 Å².